The lowest BCUT2D eigenvalue weighted by Gasteiger charge is -2.15. The van der Waals surface area contributed by atoms with Crippen LogP contribution in [0.2, 0.25) is 0 Å². The molecule has 1 fully saturated rings. The fourth-order valence-electron chi connectivity index (χ4n) is 3.42. The van der Waals surface area contributed by atoms with Crippen LogP contribution in [0.5, 0.6) is 0 Å². The number of rotatable bonds is 3. The summed E-state index contributed by atoms with van der Waals surface area (Å²) in [5, 5.41) is 3.79. The van der Waals surface area contributed by atoms with E-state index in [4.69, 9.17) is 0 Å². The number of nitrogens with zero attached hydrogens (tertiary/aromatic N) is 5. The molecule has 1 aromatic carbocycles. The molecule has 5 rings (SSSR count). The predicted octanol–water partition coefficient (Wildman–Crippen LogP) is 3.14. The lowest BCUT2D eigenvalue weighted by atomic mass is 10.2. The second-order valence-electron chi connectivity index (χ2n) is 6.67. The van der Waals surface area contributed by atoms with Gasteiger partial charge in [-0.2, -0.15) is 4.68 Å². The first kappa shape index (κ1) is 16.2. The summed E-state index contributed by atoms with van der Waals surface area (Å²) in [6.45, 7) is 3.96. The molecule has 0 radical (unpaired) electrons. The first-order valence-electron chi connectivity index (χ1n) is 8.96. The number of H-pyrrole nitrogens is 1. The number of aromatic nitrogens is 5. The average molecular weight is 378 g/mol. The second kappa shape index (κ2) is 6.31. The molecule has 1 saturated heterocycles. The van der Waals surface area contributed by atoms with E-state index in [2.05, 4.69) is 25.0 Å². The number of aryl methyl sites for hydroxylation is 1. The van der Waals surface area contributed by atoms with Gasteiger partial charge in [0, 0.05) is 30.9 Å². The molecule has 0 amide bonds. The Morgan fingerprint density at radius 3 is 2.74 bits per heavy atom. The van der Waals surface area contributed by atoms with Crippen LogP contribution in [-0.4, -0.2) is 37.8 Å². The van der Waals surface area contributed by atoms with Gasteiger partial charge < -0.3 is 4.90 Å². The monoisotopic (exact) mass is 378 g/mol. The van der Waals surface area contributed by atoms with Gasteiger partial charge in [-0.1, -0.05) is 23.5 Å². The van der Waals surface area contributed by atoms with E-state index in [-0.39, 0.29) is 5.56 Å². The van der Waals surface area contributed by atoms with Crippen molar-refractivity contribution in [3.63, 3.8) is 0 Å². The Morgan fingerprint density at radius 2 is 1.96 bits per heavy atom. The van der Waals surface area contributed by atoms with Gasteiger partial charge in [0.1, 0.15) is 0 Å². The Morgan fingerprint density at radius 1 is 1.15 bits per heavy atom. The van der Waals surface area contributed by atoms with Gasteiger partial charge in [-0.15, -0.1) is 0 Å². The number of nitrogens with one attached hydrogen (secondary N) is 1. The first-order valence-corrected chi connectivity index (χ1v) is 9.78. The lowest BCUT2D eigenvalue weighted by Crippen LogP contribution is -2.20. The minimum absolute atomic E-state index is 0.146. The zero-order valence-electron chi connectivity index (χ0n) is 14.8. The van der Waals surface area contributed by atoms with E-state index in [9.17, 15) is 4.79 Å². The summed E-state index contributed by atoms with van der Waals surface area (Å²) in [5.74, 6) is 0.765. The summed E-state index contributed by atoms with van der Waals surface area (Å²) in [4.78, 5) is 28.4. The van der Waals surface area contributed by atoms with Crippen LogP contribution in [-0.2, 0) is 0 Å². The zero-order chi connectivity index (χ0) is 18.4. The van der Waals surface area contributed by atoms with E-state index in [1.807, 2.05) is 31.2 Å². The van der Waals surface area contributed by atoms with Crippen molar-refractivity contribution in [1.82, 2.24) is 24.7 Å². The maximum Gasteiger partial charge on any atom is 0.273 e. The highest BCUT2D eigenvalue weighted by molar-refractivity contribution is 7.20. The summed E-state index contributed by atoms with van der Waals surface area (Å²) in [6, 6.07) is 9.43. The molecule has 0 saturated carbocycles. The molecule has 0 bridgehead atoms. The van der Waals surface area contributed by atoms with Crippen LogP contribution in [0.15, 0.2) is 41.3 Å². The second-order valence-corrected chi connectivity index (χ2v) is 7.68. The molecule has 7 nitrogen and oxygen atoms in total. The maximum atomic E-state index is 12.5. The standard InChI is InChI=1S/C19H18N6OS/c1-12-13(11-20-18(21-12)24-8-4-5-9-24)15-10-17(26)25(23-15)19-22-14-6-2-3-7-16(14)27-19/h2-3,6-7,10-11,23H,4-5,8-9H2,1H3. The van der Waals surface area contributed by atoms with Crippen molar-refractivity contribution in [2.45, 2.75) is 19.8 Å². The fourth-order valence-corrected chi connectivity index (χ4v) is 4.35. The van der Waals surface area contributed by atoms with E-state index in [1.54, 1.807) is 12.3 Å². The van der Waals surface area contributed by atoms with E-state index < -0.39 is 0 Å². The number of anilines is 1. The third-order valence-electron chi connectivity index (χ3n) is 4.84. The van der Waals surface area contributed by atoms with Gasteiger partial charge in [-0.3, -0.25) is 9.89 Å². The van der Waals surface area contributed by atoms with E-state index in [1.165, 1.54) is 28.9 Å². The first-order chi connectivity index (χ1) is 13.2. The van der Waals surface area contributed by atoms with Gasteiger partial charge in [0.25, 0.3) is 5.56 Å². The summed E-state index contributed by atoms with van der Waals surface area (Å²) >= 11 is 1.48. The Labute approximate surface area is 159 Å². The third kappa shape index (κ3) is 2.82. The zero-order valence-corrected chi connectivity index (χ0v) is 15.7. The molecule has 27 heavy (non-hydrogen) atoms. The topological polar surface area (TPSA) is 79.7 Å². The quantitative estimate of drug-likeness (QED) is 0.592. The highest BCUT2D eigenvalue weighted by Gasteiger charge is 2.18. The Bertz CT molecular complexity index is 1150. The third-order valence-corrected chi connectivity index (χ3v) is 5.86. The predicted molar refractivity (Wildman–Crippen MR) is 107 cm³/mol. The number of benzene rings is 1. The molecule has 0 unspecified atom stereocenters. The molecular formula is C19H18N6OS. The number of fused-ring (bicyclic) bond motifs is 1. The van der Waals surface area contributed by atoms with Gasteiger partial charge in [-0.25, -0.2) is 15.0 Å². The number of thiazole rings is 1. The summed E-state index contributed by atoms with van der Waals surface area (Å²) in [6.07, 6.45) is 4.16. The molecule has 8 heteroatoms. The highest BCUT2D eigenvalue weighted by atomic mass is 32.1. The summed E-state index contributed by atoms with van der Waals surface area (Å²) < 4.78 is 2.53. The van der Waals surface area contributed by atoms with E-state index >= 15 is 0 Å². The van der Waals surface area contributed by atoms with Gasteiger partial charge in [0.2, 0.25) is 11.1 Å². The maximum absolute atomic E-state index is 12.5. The molecule has 1 N–H and O–H groups in total. The molecule has 136 valence electrons. The molecular weight excluding hydrogens is 360 g/mol. The molecule has 0 spiro atoms. The summed E-state index contributed by atoms with van der Waals surface area (Å²) in [5.41, 5.74) is 3.12. The van der Waals surface area contributed by atoms with Crippen LogP contribution < -0.4 is 10.5 Å². The number of aromatic amines is 1. The van der Waals surface area contributed by atoms with Crippen LogP contribution in [0.3, 0.4) is 0 Å². The molecule has 4 heterocycles. The van der Waals surface area contributed by atoms with Crippen LogP contribution in [0.1, 0.15) is 18.5 Å². The largest absolute Gasteiger partial charge is 0.341 e. The molecule has 1 aliphatic heterocycles. The Kier molecular flexibility index (Phi) is 3.78. The van der Waals surface area contributed by atoms with Gasteiger partial charge in [0.05, 0.1) is 21.6 Å². The number of hydrogen-bond donors (Lipinski definition) is 1. The van der Waals surface area contributed by atoms with Crippen molar-refractivity contribution in [2.24, 2.45) is 0 Å². The molecule has 3 aromatic heterocycles. The van der Waals surface area contributed by atoms with Crippen molar-refractivity contribution >= 4 is 27.5 Å². The summed E-state index contributed by atoms with van der Waals surface area (Å²) in [7, 11) is 0. The van der Waals surface area contributed by atoms with E-state index in [0.29, 0.717) is 10.8 Å². The number of hydrogen-bond acceptors (Lipinski definition) is 6. The fraction of sp³-hybridized carbons (Fsp3) is 0.263. The lowest BCUT2D eigenvalue weighted by molar-refractivity contribution is 0.843. The minimum Gasteiger partial charge on any atom is -0.341 e. The van der Waals surface area contributed by atoms with Crippen LogP contribution in [0.25, 0.3) is 26.6 Å². The molecule has 0 atom stereocenters. The Balaban J connectivity index is 1.53. The smallest absolute Gasteiger partial charge is 0.273 e. The van der Waals surface area contributed by atoms with E-state index in [0.717, 1.165) is 40.5 Å². The SMILES string of the molecule is Cc1nc(N2CCCC2)ncc1-c1cc(=O)n(-c2nc3ccccc3s2)[nH]1. The van der Waals surface area contributed by atoms with Gasteiger partial charge in [-0.05, 0) is 31.9 Å². The Hall–Kier alpha value is -3.00. The van der Waals surface area contributed by atoms with Gasteiger partial charge >= 0.3 is 0 Å². The van der Waals surface area contributed by atoms with Gasteiger partial charge in [0.15, 0.2) is 0 Å². The van der Waals surface area contributed by atoms with Crippen LogP contribution in [0.4, 0.5) is 5.95 Å². The average Bonchev–Trinajstić information content (AvgIpc) is 3.40. The van der Waals surface area contributed by atoms with Crippen molar-refractivity contribution in [2.75, 3.05) is 18.0 Å². The van der Waals surface area contributed by atoms with Crippen molar-refractivity contribution in [3.8, 4) is 16.4 Å². The minimum atomic E-state index is -0.146. The number of para-hydroxylation sites is 1. The van der Waals surface area contributed by atoms with Crippen molar-refractivity contribution in [1.29, 1.82) is 0 Å². The molecule has 4 aromatic rings. The van der Waals surface area contributed by atoms with Crippen LogP contribution in [0, 0.1) is 6.92 Å². The van der Waals surface area contributed by atoms with Crippen molar-refractivity contribution < 1.29 is 0 Å². The molecule has 0 aliphatic carbocycles. The highest BCUT2D eigenvalue weighted by Crippen LogP contribution is 2.26. The van der Waals surface area contributed by atoms with Crippen LogP contribution >= 0.6 is 11.3 Å². The van der Waals surface area contributed by atoms with Crippen molar-refractivity contribution in [3.05, 3.63) is 52.6 Å². The molecule has 1 aliphatic rings. The normalized spacial score (nSPS) is 14.3.